The van der Waals surface area contributed by atoms with Crippen molar-refractivity contribution < 1.29 is 4.52 Å². The second-order valence-corrected chi connectivity index (χ2v) is 5.14. The summed E-state index contributed by atoms with van der Waals surface area (Å²) in [5, 5.41) is 5.49. The third-order valence-electron chi connectivity index (χ3n) is 3.76. The van der Waals surface area contributed by atoms with E-state index in [2.05, 4.69) is 42.2 Å². The zero-order chi connectivity index (χ0) is 11.8. The molecule has 2 aromatic rings. The van der Waals surface area contributed by atoms with E-state index >= 15 is 0 Å². The average Bonchev–Trinajstić information content (AvgIpc) is 2.73. The molecule has 0 unspecified atom stereocenters. The number of rotatable bonds is 1. The Morgan fingerprint density at radius 2 is 2.06 bits per heavy atom. The first-order valence-electron chi connectivity index (χ1n) is 6.28. The highest BCUT2D eigenvalue weighted by Gasteiger charge is 2.23. The number of aromatic nitrogens is 1. The van der Waals surface area contributed by atoms with E-state index in [4.69, 9.17) is 4.52 Å². The van der Waals surface area contributed by atoms with Gasteiger partial charge >= 0.3 is 0 Å². The summed E-state index contributed by atoms with van der Waals surface area (Å²) in [5.74, 6) is 0.565. The normalized spacial score (nSPS) is 18.9. The van der Waals surface area contributed by atoms with Crippen molar-refractivity contribution in [3.63, 3.8) is 0 Å². The first kappa shape index (κ1) is 10.8. The largest absolute Gasteiger partial charge is 0.356 e. The molecule has 2 heterocycles. The highest BCUT2D eigenvalue weighted by Crippen LogP contribution is 2.32. The van der Waals surface area contributed by atoms with Crippen LogP contribution in [0.5, 0.6) is 0 Å². The maximum Gasteiger partial charge on any atom is 0.167 e. The quantitative estimate of drug-likeness (QED) is 0.754. The maximum absolute atomic E-state index is 5.45. The van der Waals surface area contributed by atoms with Gasteiger partial charge in [-0.3, -0.25) is 0 Å². The van der Waals surface area contributed by atoms with E-state index in [9.17, 15) is 0 Å². The van der Waals surface area contributed by atoms with E-state index in [-0.39, 0.29) is 0 Å². The molecule has 0 spiro atoms. The fraction of sp³-hybridized carbons (Fsp3) is 0.500. The molecule has 3 nitrogen and oxygen atoms in total. The van der Waals surface area contributed by atoms with Crippen molar-refractivity contribution in [1.29, 1.82) is 0 Å². The molecule has 0 saturated carbocycles. The standard InChI is InChI=1S/C14H18N2O/c1-10-3-4-12-13(9-10)17-15-14(12)11-5-7-16(2)8-6-11/h3-4,9,11H,5-8H2,1-2H3. The van der Waals surface area contributed by atoms with Gasteiger partial charge in [0.05, 0.1) is 5.69 Å². The van der Waals surface area contributed by atoms with E-state index < -0.39 is 0 Å². The molecule has 0 N–H and O–H groups in total. The van der Waals surface area contributed by atoms with Crippen molar-refractivity contribution in [2.24, 2.45) is 0 Å². The molecular formula is C14H18N2O. The Morgan fingerprint density at radius 1 is 1.29 bits per heavy atom. The third-order valence-corrected chi connectivity index (χ3v) is 3.76. The molecule has 1 aliphatic rings. The van der Waals surface area contributed by atoms with Crippen molar-refractivity contribution in [3.8, 4) is 0 Å². The summed E-state index contributed by atoms with van der Waals surface area (Å²) in [6, 6.07) is 6.35. The number of hydrogen-bond donors (Lipinski definition) is 0. The monoisotopic (exact) mass is 230 g/mol. The highest BCUT2D eigenvalue weighted by molar-refractivity contribution is 5.80. The number of aryl methyl sites for hydroxylation is 1. The summed E-state index contributed by atoms with van der Waals surface area (Å²) in [6.07, 6.45) is 2.37. The van der Waals surface area contributed by atoms with E-state index in [1.54, 1.807) is 0 Å². The van der Waals surface area contributed by atoms with Crippen molar-refractivity contribution in [2.75, 3.05) is 20.1 Å². The highest BCUT2D eigenvalue weighted by atomic mass is 16.5. The Balaban J connectivity index is 1.95. The fourth-order valence-electron chi connectivity index (χ4n) is 2.64. The lowest BCUT2D eigenvalue weighted by molar-refractivity contribution is 0.250. The Morgan fingerprint density at radius 3 is 2.82 bits per heavy atom. The van der Waals surface area contributed by atoms with Crippen LogP contribution in [-0.4, -0.2) is 30.2 Å². The molecule has 90 valence electrons. The van der Waals surface area contributed by atoms with Gasteiger partial charge in [0.1, 0.15) is 0 Å². The van der Waals surface area contributed by atoms with Crippen LogP contribution in [0.2, 0.25) is 0 Å². The van der Waals surface area contributed by atoms with Crippen molar-refractivity contribution in [3.05, 3.63) is 29.5 Å². The van der Waals surface area contributed by atoms with Crippen LogP contribution in [0.1, 0.15) is 30.0 Å². The van der Waals surface area contributed by atoms with Gasteiger partial charge in [0, 0.05) is 11.3 Å². The minimum absolute atomic E-state index is 0.565. The summed E-state index contributed by atoms with van der Waals surface area (Å²) in [7, 11) is 2.18. The lowest BCUT2D eigenvalue weighted by Gasteiger charge is -2.27. The molecule has 0 aliphatic carbocycles. The van der Waals surface area contributed by atoms with E-state index in [0.29, 0.717) is 5.92 Å². The lowest BCUT2D eigenvalue weighted by atomic mass is 9.92. The van der Waals surface area contributed by atoms with Crippen molar-refractivity contribution in [1.82, 2.24) is 10.1 Å². The molecule has 0 bridgehead atoms. The minimum atomic E-state index is 0.565. The third kappa shape index (κ3) is 1.95. The minimum Gasteiger partial charge on any atom is -0.356 e. The van der Waals surface area contributed by atoms with Gasteiger partial charge in [0.15, 0.2) is 5.58 Å². The smallest absolute Gasteiger partial charge is 0.167 e. The number of benzene rings is 1. The Bertz CT molecular complexity index is 524. The van der Waals surface area contributed by atoms with Crippen molar-refractivity contribution in [2.45, 2.75) is 25.7 Å². The van der Waals surface area contributed by atoms with Gasteiger partial charge in [-0.05, 0) is 57.6 Å². The molecule has 1 fully saturated rings. The predicted molar refractivity (Wildman–Crippen MR) is 68.2 cm³/mol. The lowest BCUT2D eigenvalue weighted by Crippen LogP contribution is -2.29. The number of likely N-dealkylation sites (tertiary alicyclic amines) is 1. The molecule has 17 heavy (non-hydrogen) atoms. The molecule has 3 heteroatoms. The Hall–Kier alpha value is -1.35. The second kappa shape index (κ2) is 4.15. The second-order valence-electron chi connectivity index (χ2n) is 5.14. The molecule has 1 aliphatic heterocycles. The van der Waals surface area contributed by atoms with Gasteiger partial charge < -0.3 is 9.42 Å². The van der Waals surface area contributed by atoms with Crippen LogP contribution in [-0.2, 0) is 0 Å². The first-order chi connectivity index (χ1) is 8.24. The Kier molecular flexibility index (Phi) is 2.63. The molecule has 1 saturated heterocycles. The number of fused-ring (bicyclic) bond motifs is 1. The van der Waals surface area contributed by atoms with Gasteiger partial charge in [-0.15, -0.1) is 0 Å². The van der Waals surface area contributed by atoms with Crippen LogP contribution in [0, 0.1) is 6.92 Å². The van der Waals surface area contributed by atoms with Crippen LogP contribution in [0.25, 0.3) is 11.0 Å². The topological polar surface area (TPSA) is 29.3 Å². The SMILES string of the molecule is Cc1ccc2c(C3CCN(C)CC3)noc2c1. The predicted octanol–water partition coefficient (Wildman–Crippen LogP) is 2.95. The maximum atomic E-state index is 5.45. The van der Waals surface area contributed by atoms with Crippen LogP contribution < -0.4 is 0 Å². The van der Waals surface area contributed by atoms with E-state index in [1.165, 1.54) is 23.8 Å². The fourth-order valence-corrected chi connectivity index (χ4v) is 2.64. The van der Waals surface area contributed by atoms with Crippen LogP contribution in [0.15, 0.2) is 22.7 Å². The van der Waals surface area contributed by atoms with Crippen LogP contribution in [0.4, 0.5) is 0 Å². The van der Waals surface area contributed by atoms with Crippen molar-refractivity contribution >= 4 is 11.0 Å². The zero-order valence-electron chi connectivity index (χ0n) is 10.4. The molecule has 0 amide bonds. The van der Waals surface area contributed by atoms with Gasteiger partial charge in [-0.25, -0.2) is 0 Å². The molecular weight excluding hydrogens is 212 g/mol. The summed E-state index contributed by atoms with van der Waals surface area (Å²) in [4.78, 5) is 2.38. The molecule has 0 atom stereocenters. The van der Waals surface area contributed by atoms with E-state index in [0.717, 1.165) is 24.4 Å². The summed E-state index contributed by atoms with van der Waals surface area (Å²) in [5.41, 5.74) is 3.32. The van der Waals surface area contributed by atoms with Gasteiger partial charge in [0.2, 0.25) is 0 Å². The first-order valence-corrected chi connectivity index (χ1v) is 6.28. The number of nitrogens with zero attached hydrogens (tertiary/aromatic N) is 2. The summed E-state index contributed by atoms with van der Waals surface area (Å²) < 4.78 is 5.45. The summed E-state index contributed by atoms with van der Waals surface area (Å²) >= 11 is 0. The average molecular weight is 230 g/mol. The molecule has 1 aromatic carbocycles. The zero-order valence-corrected chi connectivity index (χ0v) is 10.4. The van der Waals surface area contributed by atoms with Gasteiger partial charge in [0.25, 0.3) is 0 Å². The van der Waals surface area contributed by atoms with Crippen LogP contribution in [0.3, 0.4) is 0 Å². The van der Waals surface area contributed by atoms with E-state index in [1.807, 2.05) is 0 Å². The summed E-state index contributed by atoms with van der Waals surface area (Å²) in [6.45, 7) is 4.40. The molecule has 0 radical (unpaired) electrons. The number of piperidine rings is 1. The number of hydrogen-bond acceptors (Lipinski definition) is 3. The van der Waals surface area contributed by atoms with Crippen LogP contribution >= 0.6 is 0 Å². The molecule has 1 aromatic heterocycles. The molecule has 3 rings (SSSR count). The van der Waals surface area contributed by atoms with Gasteiger partial charge in [-0.1, -0.05) is 11.2 Å². The van der Waals surface area contributed by atoms with Gasteiger partial charge in [-0.2, -0.15) is 0 Å². The Labute approximate surface area is 101 Å².